The smallest absolute Gasteiger partial charge is 0.325 e. The zero-order valence-electron chi connectivity index (χ0n) is 10.6. The summed E-state index contributed by atoms with van der Waals surface area (Å²) in [4.78, 5) is 11.6. The zero-order valence-corrected chi connectivity index (χ0v) is 11.4. The summed E-state index contributed by atoms with van der Waals surface area (Å²) in [6.07, 6.45) is 0.782. The number of benzene rings is 1. The molecule has 0 unspecified atom stereocenters. The molecule has 1 aromatic rings. The van der Waals surface area contributed by atoms with Crippen molar-refractivity contribution < 1.29 is 9.53 Å². The van der Waals surface area contributed by atoms with Crippen molar-refractivity contribution >= 4 is 23.2 Å². The SMILES string of the molecule is CN[C@@H](Cc1ccccc1)C(=S)NCC(=O)OC. The molecule has 0 aliphatic carbocycles. The minimum atomic E-state index is -0.327. The van der Waals surface area contributed by atoms with E-state index in [0.29, 0.717) is 4.99 Å². The molecule has 0 bridgehead atoms. The van der Waals surface area contributed by atoms with Crippen molar-refractivity contribution in [3.8, 4) is 0 Å². The molecule has 0 aliphatic heterocycles. The van der Waals surface area contributed by atoms with E-state index < -0.39 is 0 Å². The second kappa shape index (κ2) is 7.79. The lowest BCUT2D eigenvalue weighted by atomic mass is 10.1. The van der Waals surface area contributed by atoms with Crippen molar-refractivity contribution in [1.82, 2.24) is 10.6 Å². The quantitative estimate of drug-likeness (QED) is 0.592. The van der Waals surface area contributed by atoms with Crippen LogP contribution in [0.1, 0.15) is 5.56 Å². The van der Waals surface area contributed by atoms with Crippen LogP contribution in [0.4, 0.5) is 0 Å². The van der Waals surface area contributed by atoms with Gasteiger partial charge >= 0.3 is 5.97 Å². The monoisotopic (exact) mass is 266 g/mol. The highest BCUT2D eigenvalue weighted by Gasteiger charge is 2.13. The van der Waals surface area contributed by atoms with Crippen LogP contribution in [-0.2, 0) is 16.0 Å². The molecular formula is C13H18N2O2S. The third-order valence-electron chi connectivity index (χ3n) is 2.58. The lowest BCUT2D eigenvalue weighted by Crippen LogP contribution is -2.44. The van der Waals surface area contributed by atoms with E-state index in [0.717, 1.165) is 6.42 Å². The first-order chi connectivity index (χ1) is 8.67. The summed E-state index contributed by atoms with van der Waals surface area (Å²) in [7, 11) is 3.20. The topological polar surface area (TPSA) is 50.4 Å². The van der Waals surface area contributed by atoms with E-state index in [-0.39, 0.29) is 18.6 Å². The zero-order chi connectivity index (χ0) is 13.4. The molecule has 0 radical (unpaired) electrons. The van der Waals surface area contributed by atoms with Gasteiger partial charge < -0.3 is 15.4 Å². The molecule has 18 heavy (non-hydrogen) atoms. The van der Waals surface area contributed by atoms with Crippen LogP contribution < -0.4 is 10.6 Å². The van der Waals surface area contributed by atoms with Gasteiger partial charge in [-0.1, -0.05) is 42.5 Å². The van der Waals surface area contributed by atoms with Crippen LogP contribution in [0.25, 0.3) is 0 Å². The molecule has 0 heterocycles. The van der Waals surface area contributed by atoms with Crippen molar-refractivity contribution in [3.63, 3.8) is 0 Å². The van der Waals surface area contributed by atoms with Crippen molar-refractivity contribution in [2.75, 3.05) is 20.7 Å². The number of ether oxygens (including phenoxy) is 1. The van der Waals surface area contributed by atoms with E-state index in [1.54, 1.807) is 0 Å². The first-order valence-corrected chi connectivity index (χ1v) is 6.14. The number of likely N-dealkylation sites (N-methyl/N-ethyl adjacent to an activating group) is 1. The van der Waals surface area contributed by atoms with E-state index in [1.807, 2.05) is 37.4 Å². The summed E-state index contributed by atoms with van der Waals surface area (Å²) in [5, 5.41) is 6.04. The van der Waals surface area contributed by atoms with Gasteiger partial charge in [0.2, 0.25) is 0 Å². The number of thiocarbonyl (C=S) groups is 1. The van der Waals surface area contributed by atoms with Gasteiger partial charge in [0.05, 0.1) is 18.1 Å². The fraction of sp³-hybridized carbons (Fsp3) is 0.385. The highest BCUT2D eigenvalue weighted by molar-refractivity contribution is 7.80. The molecule has 1 aromatic carbocycles. The van der Waals surface area contributed by atoms with Gasteiger partial charge in [0, 0.05) is 0 Å². The Bertz CT molecular complexity index is 395. The molecule has 0 amide bonds. The molecule has 98 valence electrons. The first kappa shape index (κ1) is 14.6. The van der Waals surface area contributed by atoms with Gasteiger partial charge in [-0.3, -0.25) is 4.79 Å². The molecule has 0 saturated heterocycles. The van der Waals surface area contributed by atoms with Gasteiger partial charge in [0.25, 0.3) is 0 Å². The second-order valence-corrected chi connectivity index (χ2v) is 4.26. The van der Waals surface area contributed by atoms with E-state index in [2.05, 4.69) is 15.4 Å². The standard InChI is InChI=1S/C13H18N2O2S/c1-14-11(8-10-6-4-3-5-7-10)13(18)15-9-12(16)17-2/h3-7,11,14H,8-9H2,1-2H3,(H,15,18)/t11-/m0/s1. The van der Waals surface area contributed by atoms with Crippen LogP contribution in [0.2, 0.25) is 0 Å². The molecule has 2 N–H and O–H groups in total. The summed E-state index contributed by atoms with van der Waals surface area (Å²) >= 11 is 5.26. The maximum atomic E-state index is 11.0. The Kier molecular flexibility index (Phi) is 6.32. The highest BCUT2D eigenvalue weighted by atomic mass is 32.1. The Hall–Kier alpha value is -1.46. The normalized spacial score (nSPS) is 11.7. The maximum Gasteiger partial charge on any atom is 0.325 e. The molecule has 0 fully saturated rings. The third-order valence-corrected chi connectivity index (χ3v) is 3.01. The number of hydrogen-bond donors (Lipinski definition) is 2. The minimum Gasteiger partial charge on any atom is -0.468 e. The van der Waals surface area contributed by atoms with Crippen LogP contribution in [0.15, 0.2) is 30.3 Å². The largest absolute Gasteiger partial charge is 0.468 e. The number of esters is 1. The molecule has 1 atom stereocenters. The summed E-state index contributed by atoms with van der Waals surface area (Å²) in [5.74, 6) is -0.327. The number of methoxy groups -OCH3 is 1. The third kappa shape index (κ3) is 4.81. The number of carbonyl (C=O) groups excluding carboxylic acids is 1. The summed E-state index contributed by atoms with van der Waals surface area (Å²) < 4.78 is 4.55. The Morgan fingerprint density at radius 2 is 2.06 bits per heavy atom. The number of nitrogens with one attached hydrogen (secondary N) is 2. The fourth-order valence-electron chi connectivity index (χ4n) is 1.53. The Labute approximate surface area is 113 Å². The van der Waals surface area contributed by atoms with E-state index >= 15 is 0 Å². The molecule has 0 spiro atoms. The van der Waals surface area contributed by atoms with Crippen LogP contribution >= 0.6 is 12.2 Å². The lowest BCUT2D eigenvalue weighted by molar-refractivity contribution is -0.139. The van der Waals surface area contributed by atoms with Gasteiger partial charge in [0.15, 0.2) is 0 Å². The summed E-state index contributed by atoms with van der Waals surface area (Å²) in [6.45, 7) is 0.0995. The van der Waals surface area contributed by atoms with Gasteiger partial charge in [0.1, 0.15) is 6.54 Å². The molecule has 0 aromatic heterocycles. The average molecular weight is 266 g/mol. The fourth-order valence-corrected chi connectivity index (χ4v) is 1.80. The Morgan fingerprint density at radius 1 is 1.39 bits per heavy atom. The molecule has 0 saturated carbocycles. The predicted octanol–water partition coefficient (Wildman–Crippen LogP) is 0.907. The van der Waals surface area contributed by atoms with Crippen molar-refractivity contribution in [3.05, 3.63) is 35.9 Å². The lowest BCUT2D eigenvalue weighted by Gasteiger charge is -2.18. The predicted molar refractivity (Wildman–Crippen MR) is 75.6 cm³/mol. The number of carbonyl (C=O) groups is 1. The molecule has 4 nitrogen and oxygen atoms in total. The first-order valence-electron chi connectivity index (χ1n) is 5.73. The van der Waals surface area contributed by atoms with Gasteiger partial charge in [-0.15, -0.1) is 0 Å². The van der Waals surface area contributed by atoms with E-state index in [1.165, 1.54) is 12.7 Å². The van der Waals surface area contributed by atoms with E-state index in [9.17, 15) is 4.79 Å². The number of hydrogen-bond acceptors (Lipinski definition) is 4. The average Bonchev–Trinajstić information content (AvgIpc) is 2.42. The van der Waals surface area contributed by atoms with Gasteiger partial charge in [-0.05, 0) is 19.0 Å². The van der Waals surface area contributed by atoms with Crippen LogP contribution in [0, 0.1) is 0 Å². The van der Waals surface area contributed by atoms with E-state index in [4.69, 9.17) is 12.2 Å². The van der Waals surface area contributed by atoms with Crippen molar-refractivity contribution in [1.29, 1.82) is 0 Å². The summed E-state index contributed by atoms with van der Waals surface area (Å²) in [6, 6.07) is 10.1. The molecular weight excluding hydrogens is 248 g/mol. The molecule has 1 rings (SSSR count). The Morgan fingerprint density at radius 3 is 2.61 bits per heavy atom. The van der Waals surface area contributed by atoms with Crippen LogP contribution in [-0.4, -0.2) is 37.7 Å². The minimum absolute atomic E-state index is 0.00653. The number of rotatable bonds is 6. The Balaban J connectivity index is 2.50. The van der Waals surface area contributed by atoms with Crippen LogP contribution in [0.3, 0.4) is 0 Å². The highest BCUT2D eigenvalue weighted by Crippen LogP contribution is 2.03. The van der Waals surface area contributed by atoms with Gasteiger partial charge in [-0.25, -0.2) is 0 Å². The van der Waals surface area contributed by atoms with Gasteiger partial charge in [-0.2, -0.15) is 0 Å². The molecule has 0 aliphatic rings. The van der Waals surface area contributed by atoms with Crippen LogP contribution in [0.5, 0.6) is 0 Å². The summed E-state index contributed by atoms with van der Waals surface area (Å²) in [5.41, 5.74) is 1.19. The maximum absolute atomic E-state index is 11.0. The molecule has 5 heteroatoms. The van der Waals surface area contributed by atoms with Crippen molar-refractivity contribution in [2.24, 2.45) is 0 Å². The second-order valence-electron chi connectivity index (χ2n) is 3.82. The van der Waals surface area contributed by atoms with Crippen molar-refractivity contribution in [2.45, 2.75) is 12.5 Å².